The van der Waals surface area contributed by atoms with Gasteiger partial charge >= 0.3 is 0 Å². The summed E-state index contributed by atoms with van der Waals surface area (Å²) in [5, 5.41) is 6.36. The summed E-state index contributed by atoms with van der Waals surface area (Å²) >= 11 is 0. The average molecular weight is 334 g/mol. The molecular weight excluding hydrogens is 312 g/mol. The third kappa shape index (κ3) is 3.72. The van der Waals surface area contributed by atoms with Crippen LogP contribution in [0.25, 0.3) is 22.4 Å². The molecule has 0 aliphatic carbocycles. The summed E-state index contributed by atoms with van der Waals surface area (Å²) in [6.07, 6.45) is 2.83. The summed E-state index contributed by atoms with van der Waals surface area (Å²) in [5.74, 6) is 0.977. The lowest BCUT2D eigenvalue weighted by molar-refractivity contribution is -0.121. The normalized spacial score (nSPS) is 17.0. The van der Waals surface area contributed by atoms with Gasteiger partial charge in [-0.2, -0.15) is 0 Å². The highest BCUT2D eigenvalue weighted by atomic mass is 16.1. The molecule has 5 heteroatoms. The van der Waals surface area contributed by atoms with Crippen molar-refractivity contribution >= 4 is 16.9 Å². The number of amides is 1. The van der Waals surface area contributed by atoms with Gasteiger partial charge in [0, 0.05) is 24.6 Å². The fourth-order valence-electron chi connectivity index (χ4n) is 3.30. The van der Waals surface area contributed by atoms with Gasteiger partial charge in [0.25, 0.3) is 0 Å². The Morgan fingerprint density at radius 1 is 1.16 bits per heavy atom. The quantitative estimate of drug-likeness (QED) is 0.672. The Hall–Kier alpha value is -2.66. The molecule has 3 aromatic rings. The molecule has 0 spiro atoms. The lowest BCUT2D eigenvalue weighted by Crippen LogP contribution is -2.31. The van der Waals surface area contributed by atoms with E-state index in [-0.39, 0.29) is 5.91 Å². The molecule has 3 N–H and O–H groups in total. The minimum absolute atomic E-state index is 0.112. The summed E-state index contributed by atoms with van der Waals surface area (Å²) in [4.78, 5) is 19.9. The molecule has 0 radical (unpaired) electrons. The maximum atomic E-state index is 12.0. The molecule has 2 heterocycles. The molecule has 25 heavy (non-hydrogen) atoms. The molecule has 1 aliphatic heterocycles. The molecule has 5 nitrogen and oxygen atoms in total. The van der Waals surface area contributed by atoms with Crippen LogP contribution in [0.15, 0.2) is 48.5 Å². The highest BCUT2D eigenvalue weighted by molar-refractivity contribution is 5.79. The van der Waals surface area contributed by atoms with E-state index >= 15 is 0 Å². The Morgan fingerprint density at radius 2 is 2.00 bits per heavy atom. The SMILES string of the molecule is O=C(CC1CCCN1)NCc1ccc(-c2nc3ccccc3[nH]2)cc1. The second-order valence-corrected chi connectivity index (χ2v) is 6.57. The van der Waals surface area contributed by atoms with E-state index in [1.807, 2.05) is 48.5 Å². The van der Waals surface area contributed by atoms with Crippen molar-refractivity contribution in [2.45, 2.75) is 31.8 Å². The third-order valence-corrected chi connectivity index (χ3v) is 4.70. The number of hydrogen-bond acceptors (Lipinski definition) is 3. The van der Waals surface area contributed by atoms with Gasteiger partial charge in [-0.25, -0.2) is 4.98 Å². The Morgan fingerprint density at radius 3 is 2.76 bits per heavy atom. The molecule has 4 rings (SSSR count). The van der Waals surface area contributed by atoms with E-state index in [1.165, 1.54) is 6.42 Å². The Bertz CT molecular complexity index is 830. The number of rotatable bonds is 5. The number of fused-ring (bicyclic) bond motifs is 1. The van der Waals surface area contributed by atoms with Crippen molar-refractivity contribution < 1.29 is 4.79 Å². The fraction of sp³-hybridized carbons (Fsp3) is 0.300. The Labute approximate surface area is 146 Å². The van der Waals surface area contributed by atoms with Crippen LogP contribution in [0.2, 0.25) is 0 Å². The summed E-state index contributed by atoms with van der Waals surface area (Å²) in [7, 11) is 0. The lowest BCUT2D eigenvalue weighted by Gasteiger charge is -2.10. The maximum Gasteiger partial charge on any atom is 0.221 e. The smallest absolute Gasteiger partial charge is 0.221 e. The molecule has 1 atom stereocenters. The molecule has 1 fully saturated rings. The molecule has 1 saturated heterocycles. The van der Waals surface area contributed by atoms with Gasteiger partial charge in [0.15, 0.2) is 0 Å². The van der Waals surface area contributed by atoms with Crippen molar-refractivity contribution in [2.75, 3.05) is 6.54 Å². The molecular formula is C20H22N4O. The lowest BCUT2D eigenvalue weighted by atomic mass is 10.1. The predicted molar refractivity (Wildman–Crippen MR) is 99.0 cm³/mol. The Balaban J connectivity index is 1.37. The minimum atomic E-state index is 0.112. The molecule has 0 bridgehead atoms. The fourth-order valence-corrected chi connectivity index (χ4v) is 3.30. The number of aromatic amines is 1. The topological polar surface area (TPSA) is 69.8 Å². The highest BCUT2D eigenvalue weighted by Gasteiger charge is 2.17. The number of imidazole rings is 1. The summed E-state index contributed by atoms with van der Waals surface area (Å²) < 4.78 is 0. The maximum absolute atomic E-state index is 12.0. The minimum Gasteiger partial charge on any atom is -0.352 e. The van der Waals surface area contributed by atoms with Crippen molar-refractivity contribution in [3.63, 3.8) is 0 Å². The molecule has 1 aliphatic rings. The van der Waals surface area contributed by atoms with Crippen LogP contribution < -0.4 is 10.6 Å². The zero-order valence-electron chi connectivity index (χ0n) is 14.1. The number of H-pyrrole nitrogens is 1. The monoisotopic (exact) mass is 334 g/mol. The van der Waals surface area contributed by atoms with Crippen molar-refractivity contribution in [3.8, 4) is 11.4 Å². The van der Waals surface area contributed by atoms with E-state index in [9.17, 15) is 4.79 Å². The molecule has 1 unspecified atom stereocenters. The van der Waals surface area contributed by atoms with E-state index in [4.69, 9.17) is 0 Å². The number of carbonyl (C=O) groups is 1. The number of aromatic nitrogens is 2. The molecule has 0 saturated carbocycles. The van der Waals surface area contributed by atoms with Crippen LogP contribution >= 0.6 is 0 Å². The zero-order valence-corrected chi connectivity index (χ0v) is 14.1. The highest BCUT2D eigenvalue weighted by Crippen LogP contribution is 2.20. The number of benzene rings is 2. The van der Waals surface area contributed by atoms with Crippen molar-refractivity contribution in [3.05, 3.63) is 54.1 Å². The van der Waals surface area contributed by atoms with Gasteiger partial charge in [-0.3, -0.25) is 4.79 Å². The van der Waals surface area contributed by atoms with E-state index < -0.39 is 0 Å². The molecule has 1 amide bonds. The third-order valence-electron chi connectivity index (χ3n) is 4.70. The first-order valence-electron chi connectivity index (χ1n) is 8.82. The van der Waals surface area contributed by atoms with Crippen LogP contribution in [-0.2, 0) is 11.3 Å². The van der Waals surface area contributed by atoms with Crippen molar-refractivity contribution in [2.24, 2.45) is 0 Å². The van der Waals surface area contributed by atoms with Crippen molar-refractivity contribution in [1.29, 1.82) is 0 Å². The molecule has 128 valence electrons. The van der Waals surface area contributed by atoms with Crippen LogP contribution in [0.3, 0.4) is 0 Å². The van der Waals surface area contributed by atoms with E-state index in [0.717, 1.165) is 41.0 Å². The average Bonchev–Trinajstić information content (AvgIpc) is 3.29. The molecule has 1 aromatic heterocycles. The van der Waals surface area contributed by atoms with Gasteiger partial charge < -0.3 is 15.6 Å². The van der Waals surface area contributed by atoms with E-state index in [2.05, 4.69) is 20.6 Å². The number of para-hydroxylation sites is 2. The van der Waals surface area contributed by atoms with E-state index in [0.29, 0.717) is 19.0 Å². The standard InChI is InChI=1S/C20H22N4O/c25-19(12-16-4-3-11-21-16)22-13-14-7-9-15(10-8-14)20-23-17-5-1-2-6-18(17)24-20/h1-2,5-10,16,21H,3-4,11-13H2,(H,22,25)(H,23,24). The van der Waals surface area contributed by atoms with E-state index in [1.54, 1.807) is 0 Å². The first-order chi connectivity index (χ1) is 12.3. The van der Waals surface area contributed by atoms with Crippen LogP contribution in [0, 0.1) is 0 Å². The first-order valence-corrected chi connectivity index (χ1v) is 8.82. The summed E-state index contributed by atoms with van der Waals surface area (Å²) in [6.45, 7) is 1.59. The number of nitrogens with one attached hydrogen (secondary N) is 3. The number of nitrogens with zero attached hydrogens (tertiary/aromatic N) is 1. The van der Waals surface area contributed by atoms with Gasteiger partial charge in [-0.15, -0.1) is 0 Å². The first kappa shape index (κ1) is 15.8. The molecule has 2 aromatic carbocycles. The second-order valence-electron chi connectivity index (χ2n) is 6.57. The van der Waals surface area contributed by atoms with Crippen LogP contribution in [-0.4, -0.2) is 28.5 Å². The number of hydrogen-bond donors (Lipinski definition) is 3. The van der Waals surface area contributed by atoms with Crippen molar-refractivity contribution in [1.82, 2.24) is 20.6 Å². The zero-order chi connectivity index (χ0) is 17.1. The summed E-state index contributed by atoms with van der Waals surface area (Å²) in [6, 6.07) is 16.5. The second kappa shape index (κ2) is 7.07. The van der Waals surface area contributed by atoms with Gasteiger partial charge in [0.1, 0.15) is 5.82 Å². The van der Waals surface area contributed by atoms with Gasteiger partial charge in [-0.05, 0) is 37.1 Å². The summed E-state index contributed by atoms with van der Waals surface area (Å²) in [5.41, 5.74) is 4.14. The van der Waals surface area contributed by atoms with Gasteiger partial charge in [0.05, 0.1) is 11.0 Å². The Kier molecular flexibility index (Phi) is 4.48. The van der Waals surface area contributed by atoms with Crippen LogP contribution in [0.1, 0.15) is 24.8 Å². The largest absolute Gasteiger partial charge is 0.352 e. The van der Waals surface area contributed by atoms with Crippen LogP contribution in [0.5, 0.6) is 0 Å². The predicted octanol–water partition coefficient (Wildman–Crippen LogP) is 2.99. The van der Waals surface area contributed by atoms with Gasteiger partial charge in [-0.1, -0.05) is 36.4 Å². The number of carbonyl (C=O) groups excluding carboxylic acids is 1. The van der Waals surface area contributed by atoms with Gasteiger partial charge in [0.2, 0.25) is 5.91 Å². The van der Waals surface area contributed by atoms with Crippen LogP contribution in [0.4, 0.5) is 0 Å².